The van der Waals surface area contributed by atoms with E-state index in [2.05, 4.69) is 9.88 Å². The second-order valence-electron chi connectivity index (χ2n) is 4.45. The summed E-state index contributed by atoms with van der Waals surface area (Å²) >= 11 is 6.03. The molecule has 1 aliphatic heterocycles. The number of hydrogen-bond donors (Lipinski definition) is 1. The molecule has 0 radical (unpaired) electrons. The number of hydrogen-bond acceptors (Lipinski definition) is 3. The smallest absolute Gasteiger partial charge is 0.130 e. The fraction of sp³-hybridized carbons (Fsp3) is 0.545. The SMILES string of the molecule is OCc1cnc(N2CC3CC3C2)cc1Cl. The number of pyridine rings is 1. The van der Waals surface area contributed by atoms with Gasteiger partial charge in [0.05, 0.1) is 11.6 Å². The molecule has 0 amide bonds. The van der Waals surface area contributed by atoms with E-state index in [1.807, 2.05) is 6.07 Å². The van der Waals surface area contributed by atoms with Crippen molar-refractivity contribution in [1.29, 1.82) is 0 Å². The van der Waals surface area contributed by atoms with Crippen molar-refractivity contribution in [2.24, 2.45) is 11.8 Å². The predicted molar refractivity (Wildman–Crippen MR) is 59.0 cm³/mol. The van der Waals surface area contributed by atoms with E-state index in [1.54, 1.807) is 6.20 Å². The number of rotatable bonds is 2. The molecule has 2 aliphatic rings. The van der Waals surface area contributed by atoms with Crippen LogP contribution in [0.15, 0.2) is 12.3 Å². The molecule has 1 aliphatic carbocycles. The zero-order chi connectivity index (χ0) is 10.4. The maximum Gasteiger partial charge on any atom is 0.130 e. The highest BCUT2D eigenvalue weighted by molar-refractivity contribution is 6.31. The first-order valence-electron chi connectivity index (χ1n) is 5.28. The summed E-state index contributed by atoms with van der Waals surface area (Å²) < 4.78 is 0. The number of halogens is 1. The van der Waals surface area contributed by atoms with Crippen LogP contribution in [0.3, 0.4) is 0 Å². The number of nitrogens with zero attached hydrogens (tertiary/aromatic N) is 2. The fourth-order valence-corrected chi connectivity index (χ4v) is 2.53. The van der Waals surface area contributed by atoms with E-state index in [1.165, 1.54) is 6.42 Å². The molecule has 0 bridgehead atoms. The molecule has 1 aromatic rings. The first-order chi connectivity index (χ1) is 7.28. The number of aliphatic hydroxyl groups excluding tert-OH is 1. The van der Waals surface area contributed by atoms with Crippen LogP contribution in [-0.2, 0) is 6.61 Å². The van der Waals surface area contributed by atoms with Gasteiger partial charge in [0.25, 0.3) is 0 Å². The molecule has 2 unspecified atom stereocenters. The van der Waals surface area contributed by atoms with Crippen molar-refractivity contribution in [3.8, 4) is 0 Å². The Kier molecular flexibility index (Phi) is 2.11. The van der Waals surface area contributed by atoms with Gasteiger partial charge in [-0.25, -0.2) is 4.98 Å². The van der Waals surface area contributed by atoms with E-state index in [4.69, 9.17) is 16.7 Å². The van der Waals surface area contributed by atoms with Gasteiger partial charge in [-0.1, -0.05) is 11.6 Å². The van der Waals surface area contributed by atoms with E-state index in [-0.39, 0.29) is 6.61 Å². The molecule has 0 aromatic carbocycles. The Hall–Kier alpha value is -0.800. The van der Waals surface area contributed by atoms with Gasteiger partial charge >= 0.3 is 0 Å². The van der Waals surface area contributed by atoms with Crippen molar-refractivity contribution in [1.82, 2.24) is 4.98 Å². The Balaban J connectivity index is 1.83. The van der Waals surface area contributed by atoms with Crippen LogP contribution in [0.2, 0.25) is 5.02 Å². The van der Waals surface area contributed by atoms with E-state index in [0.717, 1.165) is 30.7 Å². The van der Waals surface area contributed by atoms with Crippen LogP contribution in [-0.4, -0.2) is 23.2 Å². The summed E-state index contributed by atoms with van der Waals surface area (Å²) in [6, 6.07) is 1.86. The maximum atomic E-state index is 8.99. The number of piperidine rings is 1. The number of anilines is 1. The second kappa shape index (κ2) is 3.35. The third-order valence-electron chi connectivity index (χ3n) is 3.39. The molecule has 0 spiro atoms. The largest absolute Gasteiger partial charge is 0.392 e. The van der Waals surface area contributed by atoms with Crippen LogP contribution < -0.4 is 4.90 Å². The highest BCUT2D eigenvalue weighted by atomic mass is 35.5. The highest BCUT2D eigenvalue weighted by Gasteiger charge is 2.45. The first-order valence-corrected chi connectivity index (χ1v) is 5.66. The minimum Gasteiger partial charge on any atom is -0.392 e. The van der Waals surface area contributed by atoms with Gasteiger partial charge in [0.15, 0.2) is 0 Å². The monoisotopic (exact) mass is 224 g/mol. The number of fused-ring (bicyclic) bond motifs is 1. The van der Waals surface area contributed by atoms with Crippen molar-refractivity contribution >= 4 is 17.4 Å². The van der Waals surface area contributed by atoms with Gasteiger partial charge in [0, 0.05) is 24.8 Å². The summed E-state index contributed by atoms with van der Waals surface area (Å²) in [7, 11) is 0. The predicted octanol–water partition coefficient (Wildman–Crippen LogP) is 1.68. The van der Waals surface area contributed by atoms with Gasteiger partial charge in [0.2, 0.25) is 0 Å². The quantitative estimate of drug-likeness (QED) is 0.831. The summed E-state index contributed by atoms with van der Waals surface area (Å²) in [6.45, 7) is 2.19. The molecular formula is C11H13ClN2O. The molecule has 1 aromatic heterocycles. The van der Waals surface area contributed by atoms with Gasteiger partial charge in [-0.15, -0.1) is 0 Å². The van der Waals surface area contributed by atoms with Crippen molar-refractivity contribution in [2.45, 2.75) is 13.0 Å². The van der Waals surface area contributed by atoms with Crippen molar-refractivity contribution < 1.29 is 5.11 Å². The maximum absolute atomic E-state index is 8.99. The summed E-state index contributed by atoms with van der Waals surface area (Å²) in [5, 5.41) is 9.60. The fourth-order valence-electron chi connectivity index (χ4n) is 2.32. The molecular weight excluding hydrogens is 212 g/mol. The third-order valence-corrected chi connectivity index (χ3v) is 3.74. The lowest BCUT2D eigenvalue weighted by Gasteiger charge is -2.19. The van der Waals surface area contributed by atoms with Crippen LogP contribution >= 0.6 is 11.6 Å². The van der Waals surface area contributed by atoms with Crippen molar-refractivity contribution in [3.05, 3.63) is 22.8 Å². The van der Waals surface area contributed by atoms with Crippen LogP contribution in [0, 0.1) is 11.8 Å². The van der Waals surface area contributed by atoms with Gasteiger partial charge in [-0.3, -0.25) is 0 Å². The Labute approximate surface area is 93.7 Å². The molecule has 3 nitrogen and oxygen atoms in total. The van der Waals surface area contributed by atoms with Gasteiger partial charge in [-0.2, -0.15) is 0 Å². The van der Waals surface area contributed by atoms with E-state index < -0.39 is 0 Å². The van der Waals surface area contributed by atoms with Crippen LogP contribution in [0.1, 0.15) is 12.0 Å². The molecule has 3 rings (SSSR count). The summed E-state index contributed by atoms with van der Waals surface area (Å²) in [5.41, 5.74) is 0.699. The normalized spacial score (nSPS) is 28.0. The Morgan fingerprint density at radius 1 is 1.47 bits per heavy atom. The van der Waals surface area contributed by atoms with Crippen LogP contribution in [0.4, 0.5) is 5.82 Å². The van der Waals surface area contributed by atoms with Crippen LogP contribution in [0.25, 0.3) is 0 Å². The minimum absolute atomic E-state index is 0.0443. The summed E-state index contributed by atoms with van der Waals surface area (Å²) in [5.74, 6) is 2.73. The van der Waals surface area contributed by atoms with Crippen molar-refractivity contribution in [2.75, 3.05) is 18.0 Å². The topological polar surface area (TPSA) is 36.4 Å². The molecule has 15 heavy (non-hydrogen) atoms. The average molecular weight is 225 g/mol. The molecule has 2 fully saturated rings. The van der Waals surface area contributed by atoms with Gasteiger partial charge in [-0.05, 0) is 24.3 Å². The molecule has 2 heterocycles. The molecule has 1 saturated heterocycles. The summed E-state index contributed by atoms with van der Waals surface area (Å²) in [6.07, 6.45) is 3.06. The third kappa shape index (κ3) is 1.60. The lowest BCUT2D eigenvalue weighted by atomic mass is 10.3. The Bertz CT molecular complexity index is 386. The standard InChI is InChI=1S/C11H13ClN2O/c12-10-2-11(13-3-9(10)6-15)14-4-7-1-8(7)5-14/h2-3,7-8,15H,1,4-6H2. The molecule has 80 valence electrons. The molecule has 4 heteroatoms. The Morgan fingerprint density at radius 3 is 2.80 bits per heavy atom. The molecule has 2 atom stereocenters. The van der Waals surface area contributed by atoms with E-state index in [9.17, 15) is 0 Å². The number of aromatic nitrogens is 1. The minimum atomic E-state index is -0.0443. The second-order valence-corrected chi connectivity index (χ2v) is 4.86. The summed E-state index contributed by atoms with van der Waals surface area (Å²) in [4.78, 5) is 6.61. The average Bonchev–Trinajstić information content (AvgIpc) is 2.86. The highest BCUT2D eigenvalue weighted by Crippen LogP contribution is 2.46. The van der Waals surface area contributed by atoms with Crippen molar-refractivity contribution in [3.63, 3.8) is 0 Å². The molecule has 1 N–H and O–H groups in total. The van der Waals surface area contributed by atoms with Gasteiger partial charge in [0.1, 0.15) is 5.82 Å². The van der Waals surface area contributed by atoms with E-state index >= 15 is 0 Å². The lowest BCUT2D eigenvalue weighted by Crippen LogP contribution is -2.22. The van der Waals surface area contributed by atoms with E-state index in [0.29, 0.717) is 10.6 Å². The lowest BCUT2D eigenvalue weighted by molar-refractivity contribution is 0.281. The first kappa shape index (κ1) is 9.43. The van der Waals surface area contributed by atoms with Gasteiger partial charge < -0.3 is 10.0 Å². The zero-order valence-electron chi connectivity index (χ0n) is 8.36. The Morgan fingerprint density at radius 2 is 2.20 bits per heavy atom. The number of aliphatic hydroxyl groups is 1. The van der Waals surface area contributed by atoms with Crippen LogP contribution in [0.5, 0.6) is 0 Å². The zero-order valence-corrected chi connectivity index (χ0v) is 9.11. The molecule has 1 saturated carbocycles.